The number of nitrogens with zero attached hydrogens (tertiary/aromatic N) is 2. The summed E-state index contributed by atoms with van der Waals surface area (Å²) in [5.41, 5.74) is 4.29. The summed E-state index contributed by atoms with van der Waals surface area (Å²) < 4.78 is 5.25. The van der Waals surface area contributed by atoms with Crippen molar-refractivity contribution in [3.05, 3.63) is 54.4 Å². The standard InChI is InChI=1S/C18H18N2O/c1-12(2)13-4-6-14(7-5-13)18-16-9-8-15(21-3)10-17(16)19-11-20-18/h4-12H,1-3H3. The molecule has 21 heavy (non-hydrogen) atoms. The zero-order valence-corrected chi connectivity index (χ0v) is 12.5. The zero-order chi connectivity index (χ0) is 14.8. The minimum absolute atomic E-state index is 0.533. The lowest BCUT2D eigenvalue weighted by atomic mass is 9.99. The third-order valence-corrected chi connectivity index (χ3v) is 3.69. The van der Waals surface area contributed by atoms with Crippen molar-refractivity contribution < 1.29 is 4.74 Å². The highest BCUT2D eigenvalue weighted by molar-refractivity contribution is 5.92. The molecule has 3 aromatic rings. The summed E-state index contributed by atoms with van der Waals surface area (Å²) in [6.45, 7) is 4.39. The maximum atomic E-state index is 5.25. The Morgan fingerprint density at radius 2 is 1.71 bits per heavy atom. The van der Waals surface area contributed by atoms with E-state index in [-0.39, 0.29) is 0 Å². The number of methoxy groups -OCH3 is 1. The Balaban J connectivity index is 2.11. The van der Waals surface area contributed by atoms with E-state index in [1.54, 1.807) is 13.4 Å². The quantitative estimate of drug-likeness (QED) is 0.711. The summed E-state index contributed by atoms with van der Waals surface area (Å²) in [7, 11) is 1.66. The molecule has 0 saturated heterocycles. The normalized spacial score (nSPS) is 11.0. The van der Waals surface area contributed by atoms with Gasteiger partial charge in [0.15, 0.2) is 0 Å². The van der Waals surface area contributed by atoms with Crippen LogP contribution in [0.3, 0.4) is 0 Å². The van der Waals surface area contributed by atoms with E-state index in [9.17, 15) is 0 Å². The third-order valence-electron chi connectivity index (χ3n) is 3.69. The summed E-state index contributed by atoms with van der Waals surface area (Å²) in [6.07, 6.45) is 1.60. The highest BCUT2D eigenvalue weighted by Crippen LogP contribution is 2.28. The highest BCUT2D eigenvalue weighted by atomic mass is 16.5. The van der Waals surface area contributed by atoms with Gasteiger partial charge in [-0.25, -0.2) is 9.97 Å². The van der Waals surface area contributed by atoms with Crippen molar-refractivity contribution in [2.24, 2.45) is 0 Å². The molecule has 3 heteroatoms. The van der Waals surface area contributed by atoms with Gasteiger partial charge in [0.25, 0.3) is 0 Å². The first-order valence-corrected chi connectivity index (χ1v) is 7.08. The van der Waals surface area contributed by atoms with Crippen molar-refractivity contribution in [3.63, 3.8) is 0 Å². The number of aromatic nitrogens is 2. The summed E-state index contributed by atoms with van der Waals surface area (Å²) in [5, 5.41) is 1.04. The zero-order valence-electron chi connectivity index (χ0n) is 12.5. The molecular weight excluding hydrogens is 260 g/mol. The maximum Gasteiger partial charge on any atom is 0.121 e. The molecule has 0 unspecified atom stereocenters. The molecule has 0 aliphatic heterocycles. The second kappa shape index (κ2) is 5.52. The van der Waals surface area contributed by atoms with Crippen molar-refractivity contribution in [1.82, 2.24) is 9.97 Å². The van der Waals surface area contributed by atoms with Crippen molar-refractivity contribution in [1.29, 1.82) is 0 Å². The van der Waals surface area contributed by atoms with E-state index >= 15 is 0 Å². The van der Waals surface area contributed by atoms with Crippen molar-refractivity contribution >= 4 is 10.9 Å². The minimum Gasteiger partial charge on any atom is -0.497 e. The Kier molecular flexibility index (Phi) is 3.57. The maximum absolute atomic E-state index is 5.25. The van der Waals surface area contributed by atoms with Crippen LogP contribution in [-0.4, -0.2) is 17.1 Å². The molecule has 0 spiro atoms. The molecule has 0 bridgehead atoms. The van der Waals surface area contributed by atoms with Gasteiger partial charge in [0.1, 0.15) is 12.1 Å². The predicted molar refractivity (Wildman–Crippen MR) is 85.6 cm³/mol. The van der Waals surface area contributed by atoms with Crippen LogP contribution in [0.4, 0.5) is 0 Å². The first-order valence-electron chi connectivity index (χ1n) is 7.08. The number of benzene rings is 2. The first-order chi connectivity index (χ1) is 10.2. The average molecular weight is 278 g/mol. The lowest BCUT2D eigenvalue weighted by Gasteiger charge is -2.09. The van der Waals surface area contributed by atoms with Gasteiger partial charge in [-0.15, -0.1) is 0 Å². The second-order valence-corrected chi connectivity index (χ2v) is 5.38. The Bertz CT molecular complexity index is 764. The average Bonchev–Trinajstić information content (AvgIpc) is 2.53. The fraction of sp³-hybridized carbons (Fsp3) is 0.222. The molecule has 0 aliphatic rings. The number of hydrogen-bond donors (Lipinski definition) is 0. The fourth-order valence-electron chi connectivity index (χ4n) is 2.42. The van der Waals surface area contributed by atoms with Gasteiger partial charge in [0.2, 0.25) is 0 Å². The Labute approximate surface area is 124 Å². The second-order valence-electron chi connectivity index (χ2n) is 5.38. The van der Waals surface area contributed by atoms with Gasteiger partial charge in [-0.2, -0.15) is 0 Å². The molecule has 0 N–H and O–H groups in total. The van der Waals surface area contributed by atoms with Crippen LogP contribution in [0.25, 0.3) is 22.2 Å². The van der Waals surface area contributed by atoms with Crippen LogP contribution in [0.1, 0.15) is 25.3 Å². The van der Waals surface area contributed by atoms with Crippen LogP contribution in [0.15, 0.2) is 48.8 Å². The fourth-order valence-corrected chi connectivity index (χ4v) is 2.42. The Morgan fingerprint density at radius 1 is 0.952 bits per heavy atom. The summed E-state index contributed by atoms with van der Waals surface area (Å²) >= 11 is 0. The van der Waals surface area contributed by atoms with Crippen LogP contribution >= 0.6 is 0 Å². The smallest absolute Gasteiger partial charge is 0.121 e. The molecule has 1 heterocycles. The number of fused-ring (bicyclic) bond motifs is 1. The molecule has 3 rings (SSSR count). The number of ether oxygens (including phenoxy) is 1. The van der Waals surface area contributed by atoms with E-state index in [0.717, 1.165) is 27.9 Å². The van der Waals surface area contributed by atoms with Crippen LogP contribution in [0.2, 0.25) is 0 Å². The summed E-state index contributed by atoms with van der Waals surface area (Å²) in [5.74, 6) is 1.34. The molecular formula is C18H18N2O. The van der Waals surface area contributed by atoms with Crippen molar-refractivity contribution in [3.8, 4) is 17.0 Å². The lowest BCUT2D eigenvalue weighted by Crippen LogP contribution is -1.92. The summed E-state index contributed by atoms with van der Waals surface area (Å²) in [4.78, 5) is 8.79. The molecule has 0 atom stereocenters. The van der Waals surface area contributed by atoms with Crippen LogP contribution in [-0.2, 0) is 0 Å². The van der Waals surface area contributed by atoms with Gasteiger partial charge in [0, 0.05) is 17.0 Å². The molecule has 0 aliphatic carbocycles. The number of hydrogen-bond acceptors (Lipinski definition) is 3. The Hall–Kier alpha value is -2.42. The molecule has 2 aromatic carbocycles. The monoisotopic (exact) mass is 278 g/mol. The molecule has 0 saturated carbocycles. The first kappa shape index (κ1) is 13.6. The molecule has 1 aromatic heterocycles. The van der Waals surface area contributed by atoms with Crippen molar-refractivity contribution in [2.75, 3.05) is 7.11 Å². The molecule has 0 fully saturated rings. The molecule has 0 radical (unpaired) electrons. The Morgan fingerprint density at radius 3 is 2.38 bits per heavy atom. The largest absolute Gasteiger partial charge is 0.497 e. The van der Waals surface area contributed by atoms with Gasteiger partial charge in [0.05, 0.1) is 18.3 Å². The van der Waals surface area contributed by atoms with E-state index < -0.39 is 0 Å². The SMILES string of the molecule is COc1ccc2c(-c3ccc(C(C)C)cc3)ncnc2c1. The van der Waals surface area contributed by atoms with E-state index in [2.05, 4.69) is 48.1 Å². The van der Waals surface area contributed by atoms with Crippen LogP contribution in [0.5, 0.6) is 5.75 Å². The van der Waals surface area contributed by atoms with Gasteiger partial charge >= 0.3 is 0 Å². The number of rotatable bonds is 3. The van der Waals surface area contributed by atoms with E-state index in [0.29, 0.717) is 5.92 Å². The lowest BCUT2D eigenvalue weighted by molar-refractivity contribution is 0.415. The van der Waals surface area contributed by atoms with E-state index in [1.165, 1.54) is 5.56 Å². The highest BCUT2D eigenvalue weighted by Gasteiger charge is 2.08. The van der Waals surface area contributed by atoms with Crippen LogP contribution < -0.4 is 4.74 Å². The van der Waals surface area contributed by atoms with Gasteiger partial charge in [-0.05, 0) is 23.6 Å². The van der Waals surface area contributed by atoms with Crippen LogP contribution in [0, 0.1) is 0 Å². The van der Waals surface area contributed by atoms with E-state index in [4.69, 9.17) is 4.74 Å². The summed E-state index contributed by atoms with van der Waals surface area (Å²) in [6, 6.07) is 14.5. The van der Waals surface area contributed by atoms with Gasteiger partial charge in [-0.3, -0.25) is 0 Å². The molecule has 106 valence electrons. The third kappa shape index (κ3) is 2.59. The minimum atomic E-state index is 0.533. The molecule has 3 nitrogen and oxygen atoms in total. The van der Waals surface area contributed by atoms with E-state index in [1.807, 2.05) is 18.2 Å². The topological polar surface area (TPSA) is 35.0 Å². The predicted octanol–water partition coefficient (Wildman–Crippen LogP) is 4.43. The van der Waals surface area contributed by atoms with Gasteiger partial charge < -0.3 is 4.74 Å². The van der Waals surface area contributed by atoms with Gasteiger partial charge in [-0.1, -0.05) is 38.1 Å². The molecule has 0 amide bonds. The van der Waals surface area contributed by atoms with Crippen molar-refractivity contribution in [2.45, 2.75) is 19.8 Å².